The molecule has 15 heavy (non-hydrogen) atoms. The first-order valence-corrected chi connectivity index (χ1v) is 4.60. The third-order valence-electron chi connectivity index (χ3n) is 2.08. The van der Waals surface area contributed by atoms with Crippen molar-refractivity contribution in [3.63, 3.8) is 0 Å². The normalized spacial score (nSPS) is 9.60. The van der Waals surface area contributed by atoms with Crippen molar-refractivity contribution in [3.05, 3.63) is 23.8 Å². The molecule has 0 heterocycles. The van der Waals surface area contributed by atoms with Crippen molar-refractivity contribution in [2.45, 2.75) is 6.92 Å². The van der Waals surface area contributed by atoms with Gasteiger partial charge in [0.1, 0.15) is 0 Å². The van der Waals surface area contributed by atoms with Gasteiger partial charge in [-0.3, -0.25) is 5.43 Å². The van der Waals surface area contributed by atoms with E-state index in [0.717, 1.165) is 11.3 Å². The van der Waals surface area contributed by atoms with Gasteiger partial charge in [0.2, 0.25) is 0 Å². The number of anilines is 2. The molecule has 1 aromatic rings. The summed E-state index contributed by atoms with van der Waals surface area (Å²) in [5, 5.41) is 2.61. The second-order valence-electron chi connectivity index (χ2n) is 3.49. The van der Waals surface area contributed by atoms with Gasteiger partial charge in [-0.15, -0.1) is 0 Å². The molecule has 0 aromatic heterocycles. The Morgan fingerprint density at radius 1 is 1.40 bits per heavy atom. The number of benzene rings is 1. The average molecular weight is 208 g/mol. The number of nitrogens with one attached hydrogen (secondary N) is 2. The SMILES string of the molecule is Cc1ccc(NC(=O)NN)cc1N(C)C. The fourth-order valence-electron chi connectivity index (χ4n) is 1.34. The van der Waals surface area contributed by atoms with Gasteiger partial charge < -0.3 is 10.2 Å². The summed E-state index contributed by atoms with van der Waals surface area (Å²) in [4.78, 5) is 13.0. The first-order valence-electron chi connectivity index (χ1n) is 4.60. The van der Waals surface area contributed by atoms with Crippen LogP contribution in [0.3, 0.4) is 0 Å². The standard InChI is InChI=1S/C10H16N4O/c1-7-4-5-8(12-10(15)13-11)6-9(7)14(2)3/h4-6H,11H2,1-3H3,(H2,12,13,15). The lowest BCUT2D eigenvalue weighted by Crippen LogP contribution is -2.34. The lowest BCUT2D eigenvalue weighted by molar-refractivity contribution is 0.252. The van der Waals surface area contributed by atoms with Crippen molar-refractivity contribution in [3.8, 4) is 0 Å². The smallest absolute Gasteiger partial charge is 0.333 e. The number of carbonyl (C=O) groups is 1. The van der Waals surface area contributed by atoms with Crippen LogP contribution in [-0.2, 0) is 0 Å². The van der Waals surface area contributed by atoms with Crippen LogP contribution in [-0.4, -0.2) is 20.1 Å². The molecule has 0 aliphatic carbocycles. The maximum Gasteiger partial charge on any atom is 0.333 e. The highest BCUT2D eigenvalue weighted by molar-refractivity contribution is 5.89. The van der Waals surface area contributed by atoms with E-state index < -0.39 is 6.03 Å². The van der Waals surface area contributed by atoms with E-state index in [4.69, 9.17) is 5.84 Å². The largest absolute Gasteiger partial charge is 0.377 e. The van der Waals surface area contributed by atoms with E-state index in [1.807, 2.05) is 49.5 Å². The number of hydrogen-bond acceptors (Lipinski definition) is 3. The molecule has 0 fully saturated rings. The molecule has 0 atom stereocenters. The minimum absolute atomic E-state index is 0.427. The monoisotopic (exact) mass is 208 g/mol. The summed E-state index contributed by atoms with van der Waals surface area (Å²) in [6, 6.07) is 5.24. The van der Waals surface area contributed by atoms with Crippen molar-refractivity contribution in [1.29, 1.82) is 0 Å². The van der Waals surface area contributed by atoms with Gasteiger partial charge in [0, 0.05) is 25.5 Å². The van der Waals surface area contributed by atoms with Crippen LogP contribution < -0.4 is 21.5 Å². The highest BCUT2D eigenvalue weighted by Gasteiger charge is 2.04. The Labute approximate surface area is 89.2 Å². The molecule has 0 saturated heterocycles. The quantitative estimate of drug-likeness (QED) is 0.386. The summed E-state index contributed by atoms with van der Waals surface area (Å²) in [6.07, 6.45) is 0. The molecule has 0 aliphatic heterocycles. The second-order valence-corrected chi connectivity index (χ2v) is 3.49. The third-order valence-corrected chi connectivity index (χ3v) is 2.08. The van der Waals surface area contributed by atoms with E-state index >= 15 is 0 Å². The van der Waals surface area contributed by atoms with E-state index in [9.17, 15) is 4.79 Å². The van der Waals surface area contributed by atoms with Crippen LogP contribution in [0.1, 0.15) is 5.56 Å². The molecule has 0 spiro atoms. The van der Waals surface area contributed by atoms with Gasteiger partial charge in [-0.1, -0.05) is 6.07 Å². The Morgan fingerprint density at radius 2 is 2.07 bits per heavy atom. The maximum atomic E-state index is 11.0. The Hall–Kier alpha value is -1.75. The van der Waals surface area contributed by atoms with Crippen LogP contribution in [0.15, 0.2) is 18.2 Å². The van der Waals surface area contributed by atoms with E-state index in [0.29, 0.717) is 5.69 Å². The Balaban J connectivity index is 2.92. The van der Waals surface area contributed by atoms with Gasteiger partial charge in [-0.25, -0.2) is 10.6 Å². The molecule has 82 valence electrons. The summed E-state index contributed by atoms with van der Waals surface area (Å²) in [5.41, 5.74) is 4.94. The van der Waals surface area contributed by atoms with Crippen LogP contribution in [0.2, 0.25) is 0 Å². The number of hydrogen-bond donors (Lipinski definition) is 3. The Bertz CT molecular complexity index is 362. The number of nitrogens with two attached hydrogens (primary N) is 1. The first-order chi connectivity index (χ1) is 7.04. The zero-order valence-corrected chi connectivity index (χ0v) is 9.16. The number of rotatable bonds is 2. The molecule has 1 rings (SSSR count). The van der Waals surface area contributed by atoms with Crippen molar-refractivity contribution in [2.24, 2.45) is 5.84 Å². The number of urea groups is 1. The lowest BCUT2D eigenvalue weighted by atomic mass is 10.1. The van der Waals surface area contributed by atoms with Gasteiger partial charge in [0.15, 0.2) is 0 Å². The van der Waals surface area contributed by atoms with E-state index in [1.54, 1.807) is 0 Å². The number of nitrogens with zero attached hydrogens (tertiary/aromatic N) is 1. The summed E-state index contributed by atoms with van der Waals surface area (Å²) in [7, 11) is 3.91. The minimum Gasteiger partial charge on any atom is -0.377 e. The second kappa shape index (κ2) is 4.65. The number of hydrazine groups is 1. The molecule has 0 radical (unpaired) electrons. The van der Waals surface area contributed by atoms with Crippen LogP contribution >= 0.6 is 0 Å². The molecule has 0 saturated carbocycles. The van der Waals surface area contributed by atoms with E-state index in [1.165, 1.54) is 0 Å². The van der Waals surface area contributed by atoms with E-state index in [2.05, 4.69) is 5.32 Å². The molecular formula is C10H16N4O. The number of amides is 2. The Morgan fingerprint density at radius 3 is 2.60 bits per heavy atom. The number of aryl methyl sites for hydroxylation is 1. The fourth-order valence-corrected chi connectivity index (χ4v) is 1.34. The Kier molecular flexibility index (Phi) is 3.51. The van der Waals surface area contributed by atoms with Crippen molar-refractivity contribution >= 4 is 17.4 Å². The van der Waals surface area contributed by atoms with Gasteiger partial charge in [0.25, 0.3) is 0 Å². The van der Waals surface area contributed by atoms with Gasteiger partial charge in [-0.05, 0) is 24.6 Å². The van der Waals surface area contributed by atoms with Crippen LogP contribution in [0.5, 0.6) is 0 Å². The molecule has 2 amide bonds. The molecular weight excluding hydrogens is 192 g/mol. The third kappa shape index (κ3) is 2.85. The van der Waals surface area contributed by atoms with Crippen LogP contribution in [0.25, 0.3) is 0 Å². The predicted octanol–water partition coefficient (Wildman–Crippen LogP) is 1.06. The first kappa shape index (κ1) is 11.3. The summed E-state index contributed by atoms with van der Waals surface area (Å²) >= 11 is 0. The molecule has 5 heteroatoms. The zero-order chi connectivity index (χ0) is 11.4. The molecule has 1 aromatic carbocycles. The fraction of sp³-hybridized carbons (Fsp3) is 0.300. The van der Waals surface area contributed by atoms with Gasteiger partial charge in [-0.2, -0.15) is 0 Å². The van der Waals surface area contributed by atoms with Gasteiger partial charge in [0.05, 0.1) is 0 Å². The lowest BCUT2D eigenvalue weighted by Gasteiger charge is -2.17. The van der Waals surface area contributed by atoms with Crippen molar-refractivity contribution in [2.75, 3.05) is 24.3 Å². The van der Waals surface area contributed by atoms with Crippen molar-refractivity contribution < 1.29 is 4.79 Å². The van der Waals surface area contributed by atoms with Crippen molar-refractivity contribution in [1.82, 2.24) is 5.43 Å². The summed E-state index contributed by atoms with van der Waals surface area (Å²) in [6.45, 7) is 2.02. The average Bonchev–Trinajstić information content (AvgIpc) is 2.20. The van der Waals surface area contributed by atoms with Gasteiger partial charge >= 0.3 is 6.03 Å². The highest BCUT2D eigenvalue weighted by atomic mass is 16.2. The number of carbonyl (C=O) groups excluding carboxylic acids is 1. The minimum atomic E-state index is -0.427. The highest BCUT2D eigenvalue weighted by Crippen LogP contribution is 2.22. The molecule has 0 bridgehead atoms. The predicted molar refractivity (Wildman–Crippen MR) is 61.8 cm³/mol. The van der Waals surface area contributed by atoms with Crippen LogP contribution in [0, 0.1) is 6.92 Å². The summed E-state index contributed by atoms with van der Waals surface area (Å²) in [5.74, 6) is 4.98. The zero-order valence-electron chi connectivity index (χ0n) is 9.16. The van der Waals surface area contributed by atoms with E-state index in [-0.39, 0.29) is 0 Å². The topological polar surface area (TPSA) is 70.4 Å². The molecule has 5 nitrogen and oxygen atoms in total. The maximum absolute atomic E-state index is 11.0. The molecule has 0 unspecified atom stereocenters. The molecule has 0 aliphatic rings. The van der Waals surface area contributed by atoms with Crippen LogP contribution in [0.4, 0.5) is 16.2 Å². The molecule has 4 N–H and O–H groups in total. The summed E-state index contributed by atoms with van der Waals surface area (Å²) < 4.78 is 0.